The number of nitrogen functional groups attached to an aromatic ring is 1. The summed E-state index contributed by atoms with van der Waals surface area (Å²) in [6.07, 6.45) is 2.87. The smallest absolute Gasteiger partial charge is 0.407 e. The number of amides is 1. The van der Waals surface area contributed by atoms with E-state index in [0.717, 1.165) is 29.4 Å². The van der Waals surface area contributed by atoms with Crippen LogP contribution in [0.15, 0.2) is 30.5 Å². The second kappa shape index (κ2) is 10.1. The van der Waals surface area contributed by atoms with Crippen LogP contribution in [0.4, 0.5) is 16.2 Å². The number of benzene rings is 1. The summed E-state index contributed by atoms with van der Waals surface area (Å²) in [5, 5.41) is 7.29. The average molecular weight is 389 g/mol. The van der Waals surface area contributed by atoms with Crippen molar-refractivity contribution in [2.45, 2.75) is 52.2 Å². The number of fused-ring (bicyclic) bond motifs is 1. The van der Waals surface area contributed by atoms with E-state index in [9.17, 15) is 4.79 Å². The summed E-state index contributed by atoms with van der Waals surface area (Å²) in [6, 6.07) is 7.95. The second-order valence-electron chi connectivity index (χ2n) is 7.68. The van der Waals surface area contributed by atoms with E-state index in [1.165, 1.54) is 0 Å². The number of hydrogen-bond donors (Lipinski definition) is 3. The van der Waals surface area contributed by atoms with E-state index in [4.69, 9.17) is 15.2 Å². The summed E-state index contributed by atoms with van der Waals surface area (Å²) >= 11 is 0. The van der Waals surface area contributed by atoms with Gasteiger partial charge in [-0.25, -0.2) is 4.79 Å². The van der Waals surface area contributed by atoms with Gasteiger partial charge in [0.1, 0.15) is 5.60 Å². The number of nitrogens with zero attached hydrogens (tertiary/aromatic N) is 1. The topological polar surface area (TPSA) is 98.5 Å². The van der Waals surface area contributed by atoms with Crippen LogP contribution in [0.2, 0.25) is 0 Å². The fourth-order valence-corrected chi connectivity index (χ4v) is 2.83. The number of carbonyl (C=O) groups excluding carboxylic acids is 1. The van der Waals surface area contributed by atoms with Gasteiger partial charge in [-0.1, -0.05) is 18.2 Å². The number of alkyl carbamates (subject to hydrolysis) is 1. The summed E-state index contributed by atoms with van der Waals surface area (Å²) in [5.41, 5.74) is 8.04. The van der Waals surface area contributed by atoms with E-state index in [-0.39, 0.29) is 6.04 Å². The van der Waals surface area contributed by atoms with E-state index < -0.39 is 11.7 Å². The first kappa shape index (κ1) is 21.8. The predicted octanol–water partition coefficient (Wildman–Crippen LogP) is 3.94. The molecular formula is C21H32N4O3. The van der Waals surface area contributed by atoms with E-state index in [1.807, 2.05) is 52.0 Å². The van der Waals surface area contributed by atoms with Gasteiger partial charge in [-0.3, -0.25) is 4.98 Å². The van der Waals surface area contributed by atoms with Gasteiger partial charge in [0, 0.05) is 24.6 Å². The first-order valence-electron chi connectivity index (χ1n) is 9.74. The molecule has 1 aromatic carbocycles. The molecule has 1 aromatic heterocycles. The summed E-state index contributed by atoms with van der Waals surface area (Å²) < 4.78 is 10.9. The molecule has 1 atom stereocenters. The van der Waals surface area contributed by atoms with Gasteiger partial charge >= 0.3 is 6.09 Å². The number of pyridine rings is 1. The Morgan fingerprint density at radius 1 is 1.29 bits per heavy atom. The Balaban J connectivity index is 1.97. The SMILES string of the molecule is CCOC[C@H](CCCNC(=O)OC(C)(C)C)Nc1c(N)cnc2ccccc12. The number of para-hydroxylation sites is 1. The zero-order valence-corrected chi connectivity index (χ0v) is 17.2. The lowest BCUT2D eigenvalue weighted by atomic mass is 10.1. The molecule has 0 saturated heterocycles. The lowest BCUT2D eigenvalue weighted by molar-refractivity contribution is 0.0526. The zero-order valence-electron chi connectivity index (χ0n) is 17.2. The van der Waals surface area contributed by atoms with Gasteiger partial charge in [0.05, 0.1) is 29.7 Å². The van der Waals surface area contributed by atoms with Crippen LogP contribution in [-0.2, 0) is 9.47 Å². The van der Waals surface area contributed by atoms with Gasteiger partial charge in [0.2, 0.25) is 0 Å². The minimum Gasteiger partial charge on any atom is -0.444 e. The third-order valence-corrected chi connectivity index (χ3v) is 4.07. The van der Waals surface area contributed by atoms with Crippen LogP contribution in [0.5, 0.6) is 0 Å². The summed E-state index contributed by atoms with van der Waals surface area (Å²) in [6.45, 7) is 9.23. The molecule has 28 heavy (non-hydrogen) atoms. The molecule has 0 spiro atoms. The highest BCUT2D eigenvalue weighted by Crippen LogP contribution is 2.28. The first-order valence-corrected chi connectivity index (χ1v) is 9.74. The van der Waals surface area contributed by atoms with E-state index in [2.05, 4.69) is 15.6 Å². The molecule has 1 amide bonds. The molecule has 0 aliphatic carbocycles. The van der Waals surface area contributed by atoms with Gasteiger partial charge in [0.15, 0.2) is 0 Å². The van der Waals surface area contributed by atoms with Crippen LogP contribution in [0, 0.1) is 0 Å². The molecule has 0 aliphatic rings. The van der Waals surface area contributed by atoms with Crippen molar-refractivity contribution in [3.63, 3.8) is 0 Å². The number of anilines is 2. The predicted molar refractivity (Wildman–Crippen MR) is 114 cm³/mol. The molecule has 0 saturated carbocycles. The van der Waals surface area contributed by atoms with E-state index in [1.54, 1.807) is 6.20 Å². The van der Waals surface area contributed by atoms with Crippen LogP contribution < -0.4 is 16.4 Å². The van der Waals surface area contributed by atoms with E-state index in [0.29, 0.717) is 25.4 Å². The van der Waals surface area contributed by atoms with Crippen LogP contribution in [-0.4, -0.2) is 42.5 Å². The lowest BCUT2D eigenvalue weighted by Gasteiger charge is -2.22. The third-order valence-electron chi connectivity index (χ3n) is 4.07. The molecule has 1 heterocycles. The highest BCUT2D eigenvalue weighted by atomic mass is 16.6. The van der Waals surface area contributed by atoms with Crippen LogP contribution in [0.1, 0.15) is 40.5 Å². The van der Waals surface area contributed by atoms with Crippen LogP contribution >= 0.6 is 0 Å². The Labute approximate surface area is 167 Å². The molecule has 0 aliphatic heterocycles. The van der Waals surface area contributed by atoms with Crippen molar-refractivity contribution in [1.29, 1.82) is 0 Å². The molecule has 0 unspecified atom stereocenters. The second-order valence-corrected chi connectivity index (χ2v) is 7.68. The fraction of sp³-hybridized carbons (Fsp3) is 0.524. The van der Waals surface area contributed by atoms with Crippen molar-refractivity contribution in [2.24, 2.45) is 0 Å². The minimum atomic E-state index is -0.497. The van der Waals surface area contributed by atoms with Crippen molar-refractivity contribution in [3.8, 4) is 0 Å². The number of rotatable bonds is 9. The lowest BCUT2D eigenvalue weighted by Crippen LogP contribution is -2.34. The highest BCUT2D eigenvalue weighted by molar-refractivity contribution is 5.96. The first-order chi connectivity index (χ1) is 13.3. The molecule has 0 fully saturated rings. The Hall–Kier alpha value is -2.54. The van der Waals surface area contributed by atoms with Gasteiger partial charge in [-0.2, -0.15) is 0 Å². The van der Waals surface area contributed by atoms with Crippen molar-refractivity contribution in [3.05, 3.63) is 30.5 Å². The standard InChI is InChI=1S/C21H32N4O3/c1-5-27-14-15(9-8-12-23-20(26)28-21(2,3)4)25-19-16-10-6-7-11-18(16)24-13-17(19)22/h6-7,10-11,13,15H,5,8-9,12,14,22H2,1-4H3,(H,23,26)(H,24,25)/t15-/m0/s1. The minimum absolute atomic E-state index is 0.0634. The maximum absolute atomic E-state index is 11.8. The fourth-order valence-electron chi connectivity index (χ4n) is 2.83. The molecule has 4 N–H and O–H groups in total. The molecule has 0 radical (unpaired) electrons. The number of nitrogens with one attached hydrogen (secondary N) is 2. The summed E-state index contributed by atoms with van der Waals surface area (Å²) in [4.78, 5) is 16.1. The summed E-state index contributed by atoms with van der Waals surface area (Å²) in [5.74, 6) is 0. The number of aromatic nitrogens is 1. The maximum atomic E-state index is 11.8. The monoisotopic (exact) mass is 388 g/mol. The number of ether oxygens (including phenoxy) is 2. The summed E-state index contributed by atoms with van der Waals surface area (Å²) in [7, 11) is 0. The van der Waals surface area contributed by atoms with Gasteiger partial charge in [0.25, 0.3) is 0 Å². The maximum Gasteiger partial charge on any atom is 0.407 e. The number of carbonyl (C=O) groups is 1. The molecule has 7 nitrogen and oxygen atoms in total. The molecule has 7 heteroatoms. The van der Waals surface area contributed by atoms with Crippen molar-refractivity contribution >= 4 is 28.4 Å². The Morgan fingerprint density at radius 3 is 2.75 bits per heavy atom. The normalized spacial score (nSPS) is 12.6. The zero-order chi connectivity index (χ0) is 20.6. The molecule has 154 valence electrons. The van der Waals surface area contributed by atoms with Gasteiger partial charge < -0.3 is 25.8 Å². The van der Waals surface area contributed by atoms with E-state index >= 15 is 0 Å². The average Bonchev–Trinajstić information content (AvgIpc) is 2.63. The third kappa shape index (κ3) is 6.88. The Morgan fingerprint density at radius 2 is 2.04 bits per heavy atom. The molecule has 0 bridgehead atoms. The van der Waals surface area contributed by atoms with Crippen LogP contribution in [0.25, 0.3) is 10.9 Å². The van der Waals surface area contributed by atoms with Gasteiger partial charge in [-0.05, 0) is 46.6 Å². The molecular weight excluding hydrogens is 356 g/mol. The quantitative estimate of drug-likeness (QED) is 0.563. The van der Waals surface area contributed by atoms with Crippen molar-refractivity contribution in [1.82, 2.24) is 10.3 Å². The Kier molecular flexibility index (Phi) is 7.87. The Bertz CT molecular complexity index is 774. The highest BCUT2D eigenvalue weighted by Gasteiger charge is 2.16. The van der Waals surface area contributed by atoms with Crippen LogP contribution in [0.3, 0.4) is 0 Å². The number of hydrogen-bond acceptors (Lipinski definition) is 6. The largest absolute Gasteiger partial charge is 0.444 e. The molecule has 2 aromatic rings. The number of nitrogens with two attached hydrogens (primary N) is 1. The molecule has 2 rings (SSSR count). The van der Waals surface area contributed by atoms with Crippen molar-refractivity contribution in [2.75, 3.05) is 30.8 Å². The van der Waals surface area contributed by atoms with Gasteiger partial charge in [-0.15, -0.1) is 0 Å². The van der Waals surface area contributed by atoms with Crippen molar-refractivity contribution < 1.29 is 14.3 Å².